The molecule has 0 bridgehead atoms. The molecule has 1 unspecified atom stereocenters. The van der Waals surface area contributed by atoms with Crippen LogP contribution in [0.2, 0.25) is 0 Å². The van der Waals surface area contributed by atoms with Gasteiger partial charge in [0.15, 0.2) is 0 Å². The Bertz CT molecular complexity index is 967. The van der Waals surface area contributed by atoms with E-state index < -0.39 is 5.60 Å². The molecule has 2 aromatic carbocycles. The maximum Gasteiger partial charge on any atom is 0.132 e. The largest absolute Gasteiger partial charge is 0.497 e. The van der Waals surface area contributed by atoms with Gasteiger partial charge < -0.3 is 19.3 Å². The molecule has 3 rings (SSSR count). The van der Waals surface area contributed by atoms with Gasteiger partial charge in [-0.15, -0.1) is 0 Å². The van der Waals surface area contributed by atoms with Gasteiger partial charge in [-0.25, -0.2) is 0 Å². The number of hydrogen-bond donors (Lipinski definition) is 1. The first-order valence-corrected chi connectivity index (χ1v) is 9.26. The first-order valence-electron chi connectivity index (χ1n) is 9.26. The molecule has 28 heavy (non-hydrogen) atoms. The number of aromatic nitrogens is 2. The Kier molecular flexibility index (Phi) is 6.03. The highest BCUT2D eigenvalue weighted by Gasteiger charge is 2.35. The first-order chi connectivity index (χ1) is 13.4. The van der Waals surface area contributed by atoms with Crippen LogP contribution in [-0.4, -0.2) is 49.4 Å². The SMILES string of the molecule is COCCC(O)(COC)c1c2cccc(-c3ccc(OC)cc3C)c2nn1C. The fraction of sp³-hybridized carbons (Fsp3) is 0.409. The zero-order chi connectivity index (χ0) is 20.3. The van der Waals surface area contributed by atoms with E-state index in [4.69, 9.17) is 19.3 Å². The summed E-state index contributed by atoms with van der Waals surface area (Å²) in [6, 6.07) is 12.0. The van der Waals surface area contributed by atoms with Gasteiger partial charge in [0.2, 0.25) is 0 Å². The summed E-state index contributed by atoms with van der Waals surface area (Å²) in [4.78, 5) is 0. The van der Waals surface area contributed by atoms with Crippen LogP contribution in [-0.2, 0) is 22.1 Å². The van der Waals surface area contributed by atoms with E-state index in [1.165, 1.54) is 0 Å². The van der Waals surface area contributed by atoms with E-state index in [0.717, 1.165) is 39.0 Å². The highest BCUT2D eigenvalue weighted by molar-refractivity contribution is 5.96. The lowest BCUT2D eigenvalue weighted by Crippen LogP contribution is -2.35. The molecule has 1 N–H and O–H groups in total. The lowest BCUT2D eigenvalue weighted by molar-refractivity contribution is -0.0587. The van der Waals surface area contributed by atoms with Crippen molar-refractivity contribution in [3.63, 3.8) is 0 Å². The molecule has 1 heterocycles. The van der Waals surface area contributed by atoms with Crippen molar-refractivity contribution in [2.75, 3.05) is 34.5 Å². The predicted molar refractivity (Wildman–Crippen MR) is 110 cm³/mol. The molecule has 6 heteroatoms. The molecule has 1 atom stereocenters. The van der Waals surface area contributed by atoms with Crippen LogP contribution in [0, 0.1) is 6.92 Å². The van der Waals surface area contributed by atoms with Gasteiger partial charge in [0.05, 0.1) is 19.4 Å². The number of aryl methyl sites for hydroxylation is 2. The summed E-state index contributed by atoms with van der Waals surface area (Å²) in [6.07, 6.45) is 0.414. The topological polar surface area (TPSA) is 65.7 Å². The van der Waals surface area contributed by atoms with Crippen molar-refractivity contribution in [1.82, 2.24) is 9.78 Å². The van der Waals surface area contributed by atoms with Crippen molar-refractivity contribution < 1.29 is 19.3 Å². The summed E-state index contributed by atoms with van der Waals surface area (Å²) in [6.45, 7) is 2.64. The van der Waals surface area contributed by atoms with Crippen LogP contribution in [0.5, 0.6) is 5.75 Å². The second-order valence-electron chi connectivity index (χ2n) is 7.06. The number of ether oxygens (including phenoxy) is 3. The summed E-state index contributed by atoms with van der Waals surface area (Å²) in [7, 11) is 6.73. The van der Waals surface area contributed by atoms with Crippen molar-refractivity contribution in [3.8, 4) is 16.9 Å². The molecule has 1 aromatic heterocycles. The summed E-state index contributed by atoms with van der Waals surface area (Å²) in [5.41, 5.74) is 3.59. The minimum Gasteiger partial charge on any atom is -0.497 e. The van der Waals surface area contributed by atoms with Crippen LogP contribution in [0.15, 0.2) is 36.4 Å². The van der Waals surface area contributed by atoms with Gasteiger partial charge in [-0.3, -0.25) is 4.68 Å². The van der Waals surface area contributed by atoms with E-state index in [1.807, 2.05) is 37.4 Å². The second kappa shape index (κ2) is 8.31. The lowest BCUT2D eigenvalue weighted by atomic mass is 9.91. The zero-order valence-electron chi connectivity index (χ0n) is 17.2. The summed E-state index contributed by atoms with van der Waals surface area (Å²) >= 11 is 0. The van der Waals surface area contributed by atoms with Crippen LogP contribution < -0.4 is 4.74 Å². The van der Waals surface area contributed by atoms with Crippen LogP contribution in [0.25, 0.3) is 22.0 Å². The molecule has 3 aromatic rings. The number of benzene rings is 2. The molecular weight excluding hydrogens is 356 g/mol. The molecule has 0 spiro atoms. The van der Waals surface area contributed by atoms with E-state index in [2.05, 4.69) is 13.0 Å². The Morgan fingerprint density at radius 3 is 2.50 bits per heavy atom. The quantitative estimate of drug-likeness (QED) is 0.645. The number of methoxy groups -OCH3 is 3. The molecule has 0 radical (unpaired) electrons. The number of aliphatic hydroxyl groups is 1. The van der Waals surface area contributed by atoms with Crippen LogP contribution in [0.1, 0.15) is 17.7 Å². The first kappa shape index (κ1) is 20.3. The summed E-state index contributed by atoms with van der Waals surface area (Å²) in [5.74, 6) is 0.823. The molecule has 0 aliphatic carbocycles. The molecule has 6 nitrogen and oxygen atoms in total. The van der Waals surface area contributed by atoms with Crippen LogP contribution in [0.4, 0.5) is 0 Å². The Balaban J connectivity index is 2.19. The molecule has 0 amide bonds. The van der Waals surface area contributed by atoms with E-state index in [1.54, 1.807) is 26.0 Å². The average molecular weight is 384 g/mol. The number of fused-ring (bicyclic) bond motifs is 1. The molecule has 0 saturated heterocycles. The molecule has 0 saturated carbocycles. The van der Waals surface area contributed by atoms with E-state index in [9.17, 15) is 5.11 Å². The Morgan fingerprint density at radius 1 is 1.07 bits per heavy atom. The Morgan fingerprint density at radius 2 is 1.86 bits per heavy atom. The molecule has 0 fully saturated rings. The predicted octanol–water partition coefficient (Wildman–Crippen LogP) is 3.43. The highest BCUT2D eigenvalue weighted by Crippen LogP contribution is 2.37. The zero-order valence-corrected chi connectivity index (χ0v) is 17.2. The van der Waals surface area contributed by atoms with Crippen molar-refractivity contribution in [2.24, 2.45) is 7.05 Å². The van der Waals surface area contributed by atoms with E-state index >= 15 is 0 Å². The van der Waals surface area contributed by atoms with Crippen LogP contribution >= 0.6 is 0 Å². The van der Waals surface area contributed by atoms with Gasteiger partial charge in [-0.05, 0) is 30.2 Å². The average Bonchev–Trinajstić information content (AvgIpc) is 3.03. The number of rotatable bonds is 8. The fourth-order valence-corrected chi connectivity index (χ4v) is 3.82. The van der Waals surface area contributed by atoms with Gasteiger partial charge in [-0.2, -0.15) is 5.10 Å². The van der Waals surface area contributed by atoms with Gasteiger partial charge in [-0.1, -0.05) is 24.3 Å². The maximum atomic E-state index is 11.4. The normalized spacial score (nSPS) is 13.6. The van der Waals surface area contributed by atoms with Gasteiger partial charge in [0, 0.05) is 45.2 Å². The Labute approximate surface area is 165 Å². The standard InChI is InChI=1S/C22H28N2O4/c1-15-13-16(28-5)9-10-17(15)18-7-6-8-19-20(18)23-24(2)21(19)22(25,14-27-4)11-12-26-3/h6-10,13,25H,11-12,14H2,1-5H3. The van der Waals surface area contributed by atoms with E-state index in [0.29, 0.717) is 13.0 Å². The smallest absolute Gasteiger partial charge is 0.132 e. The van der Waals surface area contributed by atoms with Gasteiger partial charge in [0.1, 0.15) is 16.9 Å². The minimum absolute atomic E-state index is 0.163. The third-order valence-electron chi connectivity index (χ3n) is 5.13. The minimum atomic E-state index is -1.19. The third-order valence-corrected chi connectivity index (χ3v) is 5.13. The number of hydrogen-bond acceptors (Lipinski definition) is 5. The van der Waals surface area contributed by atoms with Crippen molar-refractivity contribution in [2.45, 2.75) is 18.9 Å². The van der Waals surface area contributed by atoms with Crippen LogP contribution in [0.3, 0.4) is 0 Å². The fourth-order valence-electron chi connectivity index (χ4n) is 3.82. The highest BCUT2D eigenvalue weighted by atomic mass is 16.5. The lowest BCUT2D eigenvalue weighted by Gasteiger charge is -2.27. The molecule has 0 aliphatic heterocycles. The number of nitrogens with zero attached hydrogens (tertiary/aromatic N) is 2. The maximum absolute atomic E-state index is 11.4. The molecule has 0 aliphatic rings. The van der Waals surface area contributed by atoms with Crippen molar-refractivity contribution in [3.05, 3.63) is 47.7 Å². The summed E-state index contributed by atoms with van der Waals surface area (Å²) < 4.78 is 17.6. The second-order valence-corrected chi connectivity index (χ2v) is 7.06. The van der Waals surface area contributed by atoms with Crippen molar-refractivity contribution in [1.29, 1.82) is 0 Å². The molecular formula is C22H28N2O4. The van der Waals surface area contributed by atoms with Crippen molar-refractivity contribution >= 4 is 10.9 Å². The third kappa shape index (κ3) is 3.63. The van der Waals surface area contributed by atoms with Gasteiger partial charge >= 0.3 is 0 Å². The monoisotopic (exact) mass is 384 g/mol. The van der Waals surface area contributed by atoms with E-state index in [-0.39, 0.29) is 6.61 Å². The molecule has 150 valence electrons. The summed E-state index contributed by atoms with van der Waals surface area (Å²) in [5, 5.41) is 17.1. The van der Waals surface area contributed by atoms with Gasteiger partial charge in [0.25, 0.3) is 0 Å². The Hall–Kier alpha value is -2.41.